The zero-order valence-corrected chi connectivity index (χ0v) is 20.1. The van der Waals surface area contributed by atoms with Crippen LogP contribution in [0.5, 0.6) is 11.6 Å². The molecule has 1 amide bonds. The maximum absolute atomic E-state index is 12.9. The van der Waals surface area contributed by atoms with Gasteiger partial charge in [0, 0.05) is 31.5 Å². The Morgan fingerprint density at radius 1 is 1.00 bits per heavy atom. The van der Waals surface area contributed by atoms with Crippen LogP contribution in [0.2, 0.25) is 0 Å². The van der Waals surface area contributed by atoms with Crippen LogP contribution in [0.25, 0.3) is 11.3 Å². The second-order valence-electron chi connectivity index (χ2n) is 8.16. The van der Waals surface area contributed by atoms with Gasteiger partial charge in [0.25, 0.3) is 5.91 Å². The summed E-state index contributed by atoms with van der Waals surface area (Å²) in [6, 6.07) is 15.4. The molecule has 0 saturated carbocycles. The largest absolute Gasteiger partial charge is 0.438 e. The lowest BCUT2D eigenvalue weighted by Gasteiger charge is -2.13. The van der Waals surface area contributed by atoms with E-state index in [9.17, 15) is 18.0 Å². The predicted molar refractivity (Wildman–Crippen MR) is 134 cm³/mol. The summed E-state index contributed by atoms with van der Waals surface area (Å²) in [4.78, 5) is 25.7. The van der Waals surface area contributed by atoms with Crippen LogP contribution in [0.4, 0.5) is 19.1 Å². The predicted octanol–water partition coefficient (Wildman–Crippen LogP) is 5.67. The van der Waals surface area contributed by atoms with E-state index in [0.717, 1.165) is 17.7 Å². The van der Waals surface area contributed by atoms with Crippen molar-refractivity contribution in [3.05, 3.63) is 95.3 Å². The molecule has 2 N–H and O–H groups in total. The number of benzene rings is 2. The molecule has 0 radical (unpaired) electrons. The van der Waals surface area contributed by atoms with Gasteiger partial charge >= 0.3 is 6.18 Å². The molecule has 0 atom stereocenters. The number of aryl methyl sites for hydroxylation is 1. The third-order valence-electron chi connectivity index (χ3n) is 5.54. The average Bonchev–Trinajstić information content (AvgIpc) is 2.90. The van der Waals surface area contributed by atoms with E-state index in [2.05, 4.69) is 25.6 Å². The number of alkyl halides is 3. The number of rotatable bonds is 8. The summed E-state index contributed by atoms with van der Waals surface area (Å²) in [6.07, 6.45) is -0.928. The highest BCUT2D eigenvalue weighted by atomic mass is 19.4. The Balaban J connectivity index is 1.47. The fraction of sp³-hybridized carbons (Fsp3) is 0.185. The third kappa shape index (κ3) is 6.40. The number of hydrogen-bond acceptors (Lipinski definition) is 6. The van der Waals surface area contributed by atoms with Gasteiger partial charge in [-0.2, -0.15) is 13.2 Å². The maximum atomic E-state index is 12.9. The summed E-state index contributed by atoms with van der Waals surface area (Å²) in [5.41, 5.74) is 2.17. The van der Waals surface area contributed by atoms with Gasteiger partial charge in [0.1, 0.15) is 5.75 Å². The van der Waals surface area contributed by atoms with Crippen molar-refractivity contribution in [2.45, 2.75) is 19.5 Å². The number of anilines is 1. The Morgan fingerprint density at radius 2 is 1.84 bits per heavy atom. The van der Waals surface area contributed by atoms with Crippen LogP contribution in [-0.2, 0) is 12.6 Å². The SMILES string of the molecule is CNc1nccc(-c2cccnc2Oc2cc(C(=O)NCCc3cccc(C(F)(F)F)c3)ccc2C)n1. The Morgan fingerprint density at radius 3 is 2.62 bits per heavy atom. The highest BCUT2D eigenvalue weighted by Gasteiger charge is 2.30. The Labute approximate surface area is 211 Å². The van der Waals surface area contributed by atoms with Crippen molar-refractivity contribution in [3.63, 3.8) is 0 Å². The Bertz CT molecular complexity index is 1410. The maximum Gasteiger partial charge on any atom is 0.416 e. The number of pyridine rings is 1. The number of nitrogens with one attached hydrogen (secondary N) is 2. The van der Waals surface area contributed by atoms with Gasteiger partial charge in [-0.15, -0.1) is 0 Å². The molecule has 7 nitrogen and oxygen atoms in total. The van der Waals surface area contributed by atoms with Gasteiger partial charge in [0.05, 0.1) is 16.8 Å². The zero-order valence-electron chi connectivity index (χ0n) is 20.1. The van der Waals surface area contributed by atoms with E-state index in [1.807, 2.05) is 13.0 Å². The van der Waals surface area contributed by atoms with E-state index < -0.39 is 11.7 Å². The summed E-state index contributed by atoms with van der Waals surface area (Å²) in [7, 11) is 1.72. The molecule has 190 valence electrons. The number of carbonyl (C=O) groups is 1. The quantitative estimate of drug-likeness (QED) is 0.319. The van der Waals surface area contributed by atoms with E-state index in [0.29, 0.717) is 40.0 Å². The van der Waals surface area contributed by atoms with Crippen LogP contribution < -0.4 is 15.4 Å². The van der Waals surface area contributed by atoms with Crippen LogP contribution >= 0.6 is 0 Å². The van der Waals surface area contributed by atoms with Gasteiger partial charge in [-0.05, 0) is 60.9 Å². The molecule has 0 aliphatic carbocycles. The fourth-order valence-corrected chi connectivity index (χ4v) is 3.58. The molecule has 2 heterocycles. The molecule has 0 fully saturated rings. The molecule has 10 heteroatoms. The highest BCUT2D eigenvalue weighted by molar-refractivity contribution is 5.94. The molecule has 0 aliphatic rings. The average molecular weight is 508 g/mol. The highest BCUT2D eigenvalue weighted by Crippen LogP contribution is 2.32. The molecule has 4 aromatic rings. The van der Waals surface area contributed by atoms with Crippen molar-refractivity contribution in [1.82, 2.24) is 20.3 Å². The number of carbonyl (C=O) groups excluding carboxylic acids is 1. The number of nitrogens with zero attached hydrogens (tertiary/aromatic N) is 3. The normalized spacial score (nSPS) is 11.2. The van der Waals surface area contributed by atoms with Crippen molar-refractivity contribution < 1.29 is 22.7 Å². The minimum Gasteiger partial charge on any atom is -0.438 e. The number of hydrogen-bond donors (Lipinski definition) is 2. The van der Waals surface area contributed by atoms with E-state index >= 15 is 0 Å². The number of ether oxygens (including phenoxy) is 1. The van der Waals surface area contributed by atoms with Gasteiger partial charge in [-0.1, -0.05) is 24.3 Å². The zero-order chi connectivity index (χ0) is 26.4. The van der Waals surface area contributed by atoms with Crippen molar-refractivity contribution in [2.75, 3.05) is 18.9 Å². The second kappa shape index (κ2) is 11.1. The lowest BCUT2D eigenvalue weighted by Crippen LogP contribution is -2.25. The molecule has 0 saturated heterocycles. The van der Waals surface area contributed by atoms with Crippen LogP contribution in [0.3, 0.4) is 0 Å². The second-order valence-corrected chi connectivity index (χ2v) is 8.16. The number of aromatic nitrogens is 3. The number of amides is 1. The van der Waals surface area contributed by atoms with Crippen LogP contribution in [0.15, 0.2) is 73.1 Å². The lowest BCUT2D eigenvalue weighted by atomic mass is 10.1. The van der Waals surface area contributed by atoms with E-state index in [4.69, 9.17) is 4.74 Å². The molecule has 0 bridgehead atoms. The third-order valence-corrected chi connectivity index (χ3v) is 5.54. The van der Waals surface area contributed by atoms with Crippen molar-refractivity contribution in [3.8, 4) is 22.9 Å². The van der Waals surface area contributed by atoms with Gasteiger partial charge in [0.15, 0.2) is 0 Å². The molecule has 4 rings (SSSR count). The van der Waals surface area contributed by atoms with E-state index in [1.54, 1.807) is 55.8 Å². The Kier molecular flexibility index (Phi) is 7.66. The monoisotopic (exact) mass is 507 g/mol. The summed E-state index contributed by atoms with van der Waals surface area (Å²) in [5, 5.41) is 5.64. The first-order chi connectivity index (χ1) is 17.7. The van der Waals surface area contributed by atoms with Crippen LogP contribution in [-0.4, -0.2) is 34.5 Å². The van der Waals surface area contributed by atoms with E-state index in [1.165, 1.54) is 6.07 Å². The van der Waals surface area contributed by atoms with E-state index in [-0.39, 0.29) is 18.9 Å². The molecule has 0 spiro atoms. The Hall–Kier alpha value is -4.47. The molecule has 2 aromatic heterocycles. The molecule has 37 heavy (non-hydrogen) atoms. The summed E-state index contributed by atoms with van der Waals surface area (Å²) in [6.45, 7) is 2.02. The van der Waals surface area contributed by atoms with Gasteiger partial charge in [-0.25, -0.2) is 15.0 Å². The standard InChI is InChI=1S/C27H24F3N5O2/c1-17-8-9-19(24(36)32-13-10-18-5-3-6-20(15-18)27(28,29)30)16-23(17)37-25-21(7-4-12-33-25)22-11-14-34-26(31-2)35-22/h3-9,11-12,14-16H,10,13H2,1-2H3,(H,32,36)(H,31,34,35). The summed E-state index contributed by atoms with van der Waals surface area (Å²) >= 11 is 0. The van der Waals surface area contributed by atoms with Crippen molar-refractivity contribution >= 4 is 11.9 Å². The van der Waals surface area contributed by atoms with Crippen molar-refractivity contribution in [2.24, 2.45) is 0 Å². The first kappa shape index (κ1) is 25.6. The molecule has 0 aliphatic heterocycles. The minimum atomic E-state index is -4.41. The lowest BCUT2D eigenvalue weighted by molar-refractivity contribution is -0.137. The summed E-state index contributed by atoms with van der Waals surface area (Å²) < 4.78 is 44.9. The smallest absolute Gasteiger partial charge is 0.416 e. The van der Waals surface area contributed by atoms with Crippen LogP contribution in [0, 0.1) is 6.92 Å². The van der Waals surface area contributed by atoms with Crippen molar-refractivity contribution in [1.29, 1.82) is 0 Å². The van der Waals surface area contributed by atoms with Gasteiger partial charge in [-0.3, -0.25) is 4.79 Å². The molecular formula is C27H24F3N5O2. The summed E-state index contributed by atoms with van der Waals surface area (Å²) in [5.74, 6) is 0.835. The van der Waals surface area contributed by atoms with Gasteiger partial charge < -0.3 is 15.4 Å². The molecule has 0 unspecified atom stereocenters. The number of halogens is 3. The first-order valence-corrected chi connectivity index (χ1v) is 11.4. The minimum absolute atomic E-state index is 0.177. The molecule has 2 aromatic carbocycles. The molecular weight excluding hydrogens is 483 g/mol. The van der Waals surface area contributed by atoms with Crippen LogP contribution in [0.1, 0.15) is 27.0 Å². The first-order valence-electron chi connectivity index (χ1n) is 11.4. The topological polar surface area (TPSA) is 89.0 Å². The fourth-order valence-electron chi connectivity index (χ4n) is 3.58. The van der Waals surface area contributed by atoms with Gasteiger partial charge in [0.2, 0.25) is 11.8 Å².